The molecular weight excluding hydrogens is 284 g/mol. The largest absolute Gasteiger partial charge is 0.458 e. The van der Waals surface area contributed by atoms with Crippen LogP contribution in [0.5, 0.6) is 0 Å². The molecule has 0 radical (unpaired) electrons. The van der Waals surface area contributed by atoms with Gasteiger partial charge in [-0.05, 0) is 38.1 Å². The number of esters is 2. The molecule has 0 atom stereocenters. The van der Waals surface area contributed by atoms with Gasteiger partial charge in [0.2, 0.25) is 0 Å². The second-order valence-corrected chi connectivity index (χ2v) is 4.65. The Morgan fingerprint density at radius 2 is 1.23 bits per heavy atom. The fraction of sp³-hybridized carbons (Fsp3) is 0.250. The summed E-state index contributed by atoms with van der Waals surface area (Å²) < 4.78 is 10.0. The number of carbonyl (C=O) groups is 2. The molecule has 0 aromatic carbocycles. The van der Waals surface area contributed by atoms with Crippen LogP contribution in [-0.4, -0.2) is 35.1 Å². The summed E-state index contributed by atoms with van der Waals surface area (Å²) in [7, 11) is 0. The first-order valence-electron chi connectivity index (χ1n) is 6.76. The summed E-state index contributed by atoms with van der Waals surface area (Å²) in [6.45, 7) is 3.62. The van der Waals surface area contributed by atoms with E-state index in [1.165, 1.54) is 12.4 Å². The van der Waals surface area contributed by atoms with E-state index in [1.807, 2.05) is 13.8 Å². The Kier molecular flexibility index (Phi) is 5.19. The molecule has 0 fully saturated rings. The third-order valence-corrected chi connectivity index (χ3v) is 2.84. The van der Waals surface area contributed by atoms with Gasteiger partial charge in [-0.1, -0.05) is 0 Å². The van der Waals surface area contributed by atoms with Gasteiger partial charge in [-0.25, -0.2) is 9.59 Å². The smallest absolute Gasteiger partial charge is 0.339 e. The van der Waals surface area contributed by atoms with Crippen LogP contribution >= 0.6 is 0 Å². The van der Waals surface area contributed by atoms with Crippen molar-refractivity contribution < 1.29 is 19.1 Å². The van der Waals surface area contributed by atoms with Gasteiger partial charge in [0.15, 0.2) is 0 Å². The minimum atomic E-state index is -0.499. The van der Waals surface area contributed by atoms with Crippen LogP contribution in [-0.2, 0) is 9.47 Å². The van der Waals surface area contributed by atoms with Gasteiger partial charge in [-0.15, -0.1) is 0 Å². The van der Waals surface area contributed by atoms with Crippen LogP contribution in [0.3, 0.4) is 0 Å². The highest BCUT2D eigenvalue weighted by Crippen LogP contribution is 2.03. The normalized spacial score (nSPS) is 10.1. The molecule has 6 heteroatoms. The van der Waals surface area contributed by atoms with Crippen LogP contribution in [0.2, 0.25) is 0 Å². The average molecular weight is 300 g/mol. The predicted molar refractivity (Wildman–Crippen MR) is 78.5 cm³/mol. The molecule has 0 aliphatic rings. The first kappa shape index (κ1) is 15.6. The molecule has 0 saturated heterocycles. The predicted octanol–water partition coefficient (Wildman–Crippen LogP) is 2.11. The highest BCUT2D eigenvalue weighted by molar-refractivity contribution is 5.89. The average Bonchev–Trinajstić information content (AvgIpc) is 2.52. The van der Waals surface area contributed by atoms with Gasteiger partial charge >= 0.3 is 11.9 Å². The first-order chi connectivity index (χ1) is 10.6. The highest BCUT2D eigenvalue weighted by atomic mass is 16.6. The zero-order valence-electron chi connectivity index (χ0n) is 12.4. The number of ether oxygens (including phenoxy) is 2. The van der Waals surface area contributed by atoms with Gasteiger partial charge in [-0.3, -0.25) is 9.97 Å². The molecule has 6 nitrogen and oxygen atoms in total. The van der Waals surface area contributed by atoms with Crippen LogP contribution < -0.4 is 0 Å². The Balaban J connectivity index is 1.74. The quantitative estimate of drug-likeness (QED) is 0.621. The molecule has 2 heterocycles. The second kappa shape index (κ2) is 7.31. The first-order valence-corrected chi connectivity index (χ1v) is 6.76. The van der Waals surface area contributed by atoms with Crippen LogP contribution in [0.4, 0.5) is 0 Å². The number of aryl methyl sites for hydroxylation is 2. The summed E-state index contributed by atoms with van der Waals surface area (Å²) in [4.78, 5) is 31.4. The number of carbonyl (C=O) groups excluding carboxylic acids is 2. The Morgan fingerprint density at radius 1 is 0.818 bits per heavy atom. The number of hydrogen-bond acceptors (Lipinski definition) is 6. The van der Waals surface area contributed by atoms with E-state index in [4.69, 9.17) is 9.47 Å². The standard InChI is InChI=1S/C16H16N2O4/c1-11-3-5-13(9-17-11)15(19)21-7-8-22-16(20)14-6-4-12(2)18-10-14/h3-6,9-10H,7-8H2,1-2H3. The van der Waals surface area contributed by atoms with E-state index in [-0.39, 0.29) is 13.2 Å². The van der Waals surface area contributed by atoms with Crippen LogP contribution in [0, 0.1) is 13.8 Å². The number of hydrogen-bond donors (Lipinski definition) is 0. The van der Waals surface area contributed by atoms with Crippen molar-refractivity contribution in [3.05, 3.63) is 59.2 Å². The summed E-state index contributed by atoms with van der Waals surface area (Å²) in [5.41, 5.74) is 2.36. The zero-order chi connectivity index (χ0) is 15.9. The van der Waals surface area contributed by atoms with E-state index < -0.39 is 11.9 Å². The number of aromatic nitrogens is 2. The second-order valence-electron chi connectivity index (χ2n) is 4.65. The van der Waals surface area contributed by atoms with Gasteiger partial charge < -0.3 is 9.47 Å². The van der Waals surface area contributed by atoms with Crippen molar-refractivity contribution in [1.82, 2.24) is 9.97 Å². The monoisotopic (exact) mass is 300 g/mol. The van der Waals surface area contributed by atoms with E-state index in [9.17, 15) is 9.59 Å². The Morgan fingerprint density at radius 3 is 1.55 bits per heavy atom. The molecule has 0 saturated carbocycles. The molecule has 0 amide bonds. The van der Waals surface area contributed by atoms with Crippen molar-refractivity contribution in [2.45, 2.75) is 13.8 Å². The third-order valence-electron chi connectivity index (χ3n) is 2.84. The van der Waals surface area contributed by atoms with E-state index in [2.05, 4.69) is 9.97 Å². The number of rotatable bonds is 5. The van der Waals surface area contributed by atoms with Crippen molar-refractivity contribution in [3.8, 4) is 0 Å². The molecule has 0 unspecified atom stereocenters. The van der Waals surface area contributed by atoms with Crippen molar-refractivity contribution in [3.63, 3.8) is 0 Å². The van der Waals surface area contributed by atoms with Gasteiger partial charge in [0.1, 0.15) is 13.2 Å². The van der Waals surface area contributed by atoms with Crippen molar-refractivity contribution in [2.24, 2.45) is 0 Å². The Labute approximate surface area is 128 Å². The minimum absolute atomic E-state index is 0.0161. The maximum atomic E-state index is 11.7. The van der Waals surface area contributed by atoms with Crippen LogP contribution in [0.1, 0.15) is 32.1 Å². The number of nitrogens with zero attached hydrogens (tertiary/aromatic N) is 2. The molecule has 2 rings (SSSR count). The topological polar surface area (TPSA) is 78.4 Å². The summed E-state index contributed by atoms with van der Waals surface area (Å²) in [6.07, 6.45) is 2.89. The van der Waals surface area contributed by atoms with E-state index in [0.29, 0.717) is 11.1 Å². The molecule has 2 aromatic rings. The van der Waals surface area contributed by atoms with Crippen molar-refractivity contribution in [1.29, 1.82) is 0 Å². The lowest BCUT2D eigenvalue weighted by molar-refractivity contribution is 0.0265. The maximum absolute atomic E-state index is 11.7. The summed E-state index contributed by atoms with van der Waals surface area (Å²) >= 11 is 0. The molecule has 22 heavy (non-hydrogen) atoms. The van der Waals surface area contributed by atoms with E-state index in [0.717, 1.165) is 11.4 Å². The van der Waals surface area contributed by atoms with Gasteiger partial charge in [0.25, 0.3) is 0 Å². The fourth-order valence-electron chi connectivity index (χ4n) is 1.61. The van der Waals surface area contributed by atoms with Gasteiger partial charge in [0, 0.05) is 23.8 Å². The van der Waals surface area contributed by atoms with Gasteiger partial charge in [-0.2, -0.15) is 0 Å². The molecule has 0 aliphatic carbocycles. The zero-order valence-corrected chi connectivity index (χ0v) is 12.4. The minimum Gasteiger partial charge on any atom is -0.458 e. The van der Waals surface area contributed by atoms with E-state index in [1.54, 1.807) is 24.3 Å². The highest BCUT2D eigenvalue weighted by Gasteiger charge is 2.09. The van der Waals surface area contributed by atoms with Gasteiger partial charge in [0.05, 0.1) is 11.1 Å². The van der Waals surface area contributed by atoms with E-state index >= 15 is 0 Å². The van der Waals surface area contributed by atoms with Crippen LogP contribution in [0.15, 0.2) is 36.7 Å². The molecular formula is C16H16N2O4. The lowest BCUT2D eigenvalue weighted by atomic mass is 10.2. The molecule has 2 aromatic heterocycles. The third kappa shape index (κ3) is 4.37. The SMILES string of the molecule is Cc1ccc(C(=O)OCCOC(=O)c2ccc(C)nc2)cn1. The lowest BCUT2D eigenvalue weighted by Gasteiger charge is -2.06. The molecule has 114 valence electrons. The summed E-state index contributed by atoms with van der Waals surface area (Å²) in [5.74, 6) is -0.999. The maximum Gasteiger partial charge on any atom is 0.339 e. The van der Waals surface area contributed by atoms with Crippen molar-refractivity contribution in [2.75, 3.05) is 13.2 Å². The van der Waals surface area contributed by atoms with Crippen LogP contribution in [0.25, 0.3) is 0 Å². The molecule has 0 N–H and O–H groups in total. The number of pyridine rings is 2. The molecule has 0 bridgehead atoms. The fourth-order valence-corrected chi connectivity index (χ4v) is 1.61. The van der Waals surface area contributed by atoms with Crippen molar-refractivity contribution >= 4 is 11.9 Å². The summed E-state index contributed by atoms with van der Waals surface area (Å²) in [5, 5.41) is 0. The summed E-state index contributed by atoms with van der Waals surface area (Å²) in [6, 6.07) is 6.71. The Bertz CT molecular complexity index is 591. The Hall–Kier alpha value is -2.76. The molecule has 0 aliphatic heterocycles. The molecule has 0 spiro atoms. The lowest BCUT2D eigenvalue weighted by Crippen LogP contribution is -2.14.